The molecule has 1 unspecified atom stereocenters. The van der Waals surface area contributed by atoms with Crippen LogP contribution in [0.5, 0.6) is 0 Å². The van der Waals surface area contributed by atoms with Crippen LogP contribution in [-0.2, 0) is 9.53 Å². The maximum absolute atomic E-state index is 14.3. The number of rotatable bonds is 5. The molecule has 0 bridgehead atoms. The first-order chi connectivity index (χ1) is 16.6. The van der Waals surface area contributed by atoms with Gasteiger partial charge in [0, 0.05) is 16.0 Å². The molecule has 1 aliphatic rings. The van der Waals surface area contributed by atoms with Gasteiger partial charge in [-0.2, -0.15) is 0 Å². The van der Waals surface area contributed by atoms with Crippen molar-refractivity contribution in [2.24, 2.45) is 4.99 Å². The summed E-state index contributed by atoms with van der Waals surface area (Å²) in [7, 11) is 0. The highest BCUT2D eigenvalue weighted by Gasteiger charge is 2.35. The molecule has 3 heterocycles. The lowest BCUT2D eigenvalue weighted by Gasteiger charge is -2.24. The van der Waals surface area contributed by atoms with E-state index >= 15 is 0 Å². The number of carbonyl (C=O) groups is 1. The van der Waals surface area contributed by atoms with Crippen LogP contribution in [0, 0.1) is 5.82 Å². The van der Waals surface area contributed by atoms with E-state index in [2.05, 4.69) is 0 Å². The van der Waals surface area contributed by atoms with Gasteiger partial charge >= 0.3 is 5.97 Å². The largest absolute Gasteiger partial charge is 0.463 e. The molecular weight excluding hydrogens is 471 g/mol. The van der Waals surface area contributed by atoms with E-state index in [1.54, 1.807) is 25.1 Å². The van der Waals surface area contributed by atoms with Crippen molar-refractivity contribution < 1.29 is 13.9 Å². The maximum Gasteiger partial charge on any atom is 0.338 e. The zero-order valence-electron chi connectivity index (χ0n) is 18.1. The molecule has 0 saturated heterocycles. The summed E-state index contributed by atoms with van der Waals surface area (Å²) in [4.78, 5) is 32.8. The Kier molecular flexibility index (Phi) is 6.08. The Balaban J connectivity index is 1.83. The van der Waals surface area contributed by atoms with Gasteiger partial charge in [-0.25, -0.2) is 14.2 Å². The summed E-state index contributed by atoms with van der Waals surface area (Å²) in [5.74, 6) is -0.938. The van der Waals surface area contributed by atoms with E-state index < -0.39 is 17.8 Å². The Labute approximate surface area is 202 Å². The Hall–Kier alpha value is -3.62. The molecule has 0 fully saturated rings. The van der Waals surface area contributed by atoms with Gasteiger partial charge in [0.15, 0.2) is 4.80 Å². The molecule has 170 valence electrons. The van der Waals surface area contributed by atoms with Crippen LogP contribution in [0.1, 0.15) is 29.0 Å². The number of thiazole rings is 1. The van der Waals surface area contributed by atoms with Crippen molar-refractivity contribution in [1.29, 1.82) is 0 Å². The molecule has 1 aliphatic heterocycles. The quantitative estimate of drug-likeness (QED) is 0.395. The van der Waals surface area contributed by atoms with E-state index in [1.165, 1.54) is 39.4 Å². The summed E-state index contributed by atoms with van der Waals surface area (Å²) in [6.07, 6.45) is 1.53. The molecule has 0 spiro atoms. The minimum atomic E-state index is -0.701. The molecule has 1 atom stereocenters. The van der Waals surface area contributed by atoms with E-state index in [-0.39, 0.29) is 12.2 Å². The first-order valence-electron chi connectivity index (χ1n) is 10.6. The lowest BCUT2D eigenvalue weighted by atomic mass is 9.97. The fourth-order valence-corrected chi connectivity index (χ4v) is 5.71. The van der Waals surface area contributed by atoms with Crippen molar-refractivity contribution in [2.45, 2.75) is 13.0 Å². The molecular formula is C26H19FN2O3S2. The van der Waals surface area contributed by atoms with Crippen LogP contribution in [0.15, 0.2) is 87.5 Å². The Morgan fingerprint density at radius 1 is 1.12 bits per heavy atom. The van der Waals surface area contributed by atoms with Crippen LogP contribution in [-0.4, -0.2) is 17.1 Å². The summed E-state index contributed by atoms with van der Waals surface area (Å²) in [5, 5.41) is 1.90. The average molecular weight is 491 g/mol. The number of benzene rings is 2. The SMILES string of the molecule is CCOC(=O)C1=C(c2ccccc2)N=c2sc(=Cc3ccccc3F)c(=O)n2C1c1cccs1. The minimum absolute atomic E-state index is 0.194. The molecule has 2 aromatic heterocycles. The lowest BCUT2D eigenvalue weighted by molar-refractivity contribution is -0.138. The summed E-state index contributed by atoms with van der Waals surface area (Å²) < 4.78 is 21.6. The standard InChI is InChI=1S/C26H19FN2O3S2/c1-2-32-25(31)21-22(16-9-4-3-5-10-16)28-26-29(23(21)19-13-8-14-33-19)24(30)20(34-26)15-17-11-6-7-12-18(17)27/h3-15,23H,2H2,1H3. The van der Waals surface area contributed by atoms with E-state index in [1.807, 2.05) is 47.8 Å². The van der Waals surface area contributed by atoms with Gasteiger partial charge in [-0.3, -0.25) is 9.36 Å². The number of esters is 1. The number of fused-ring (bicyclic) bond motifs is 1. The monoisotopic (exact) mass is 490 g/mol. The molecule has 2 aromatic carbocycles. The Bertz CT molecular complexity index is 1570. The summed E-state index contributed by atoms with van der Waals surface area (Å²) in [5.41, 5.74) is 1.50. The summed E-state index contributed by atoms with van der Waals surface area (Å²) >= 11 is 2.62. The maximum atomic E-state index is 14.3. The van der Waals surface area contributed by atoms with Gasteiger partial charge in [0.05, 0.1) is 22.4 Å². The van der Waals surface area contributed by atoms with Gasteiger partial charge in [0.1, 0.15) is 11.9 Å². The predicted octanol–water partition coefficient (Wildman–Crippen LogP) is 4.14. The van der Waals surface area contributed by atoms with Crippen LogP contribution in [0.3, 0.4) is 0 Å². The predicted molar refractivity (Wildman–Crippen MR) is 132 cm³/mol. The summed E-state index contributed by atoms with van der Waals surface area (Å²) in [6, 6.07) is 18.7. The van der Waals surface area contributed by atoms with Gasteiger partial charge in [-0.05, 0) is 30.5 Å². The number of aromatic nitrogens is 1. The molecule has 4 aromatic rings. The molecule has 8 heteroatoms. The van der Waals surface area contributed by atoms with Crippen LogP contribution in [0.25, 0.3) is 11.8 Å². The molecule has 5 rings (SSSR count). The van der Waals surface area contributed by atoms with Crippen molar-refractivity contribution in [1.82, 2.24) is 4.57 Å². The number of hydrogen-bond acceptors (Lipinski definition) is 6. The zero-order valence-corrected chi connectivity index (χ0v) is 19.7. The highest BCUT2D eigenvalue weighted by atomic mass is 32.1. The first-order valence-corrected chi connectivity index (χ1v) is 12.3. The van der Waals surface area contributed by atoms with Crippen LogP contribution in [0.4, 0.5) is 4.39 Å². The van der Waals surface area contributed by atoms with E-state index in [9.17, 15) is 14.0 Å². The van der Waals surface area contributed by atoms with Gasteiger partial charge in [-0.15, -0.1) is 11.3 Å². The third kappa shape index (κ3) is 3.95. The van der Waals surface area contributed by atoms with E-state index in [0.29, 0.717) is 26.2 Å². The summed E-state index contributed by atoms with van der Waals surface area (Å²) in [6.45, 7) is 1.93. The van der Waals surface area contributed by atoms with E-state index in [0.717, 1.165) is 10.4 Å². The Morgan fingerprint density at radius 3 is 2.59 bits per heavy atom. The third-order valence-electron chi connectivity index (χ3n) is 5.38. The van der Waals surface area contributed by atoms with Crippen LogP contribution >= 0.6 is 22.7 Å². The van der Waals surface area contributed by atoms with Crippen molar-refractivity contribution in [3.63, 3.8) is 0 Å². The molecule has 0 amide bonds. The van der Waals surface area contributed by atoms with Crippen LogP contribution < -0.4 is 14.9 Å². The Morgan fingerprint density at radius 2 is 1.88 bits per heavy atom. The number of carbonyl (C=O) groups excluding carboxylic acids is 1. The lowest BCUT2D eigenvalue weighted by Crippen LogP contribution is -2.39. The number of hydrogen-bond donors (Lipinski definition) is 0. The average Bonchev–Trinajstić information content (AvgIpc) is 3.49. The molecule has 34 heavy (non-hydrogen) atoms. The highest BCUT2D eigenvalue weighted by Crippen LogP contribution is 2.36. The number of halogens is 1. The van der Waals surface area contributed by atoms with Crippen LogP contribution in [0.2, 0.25) is 0 Å². The highest BCUT2D eigenvalue weighted by molar-refractivity contribution is 7.10. The van der Waals surface area contributed by atoms with E-state index in [4.69, 9.17) is 9.73 Å². The van der Waals surface area contributed by atoms with Crippen molar-refractivity contribution in [3.8, 4) is 0 Å². The first kappa shape index (κ1) is 22.2. The zero-order chi connectivity index (χ0) is 23.7. The second kappa shape index (κ2) is 9.32. The molecule has 0 radical (unpaired) electrons. The van der Waals surface area contributed by atoms with Gasteiger partial charge < -0.3 is 4.74 Å². The molecule has 5 nitrogen and oxygen atoms in total. The molecule has 0 N–H and O–H groups in total. The number of thiophene rings is 1. The molecule has 0 saturated carbocycles. The smallest absolute Gasteiger partial charge is 0.338 e. The molecule has 0 aliphatic carbocycles. The minimum Gasteiger partial charge on any atom is -0.463 e. The second-order valence-electron chi connectivity index (χ2n) is 7.47. The van der Waals surface area contributed by atoms with Crippen molar-refractivity contribution in [2.75, 3.05) is 6.61 Å². The van der Waals surface area contributed by atoms with Gasteiger partial charge in [-0.1, -0.05) is 65.9 Å². The normalized spacial score (nSPS) is 15.7. The number of ether oxygens (including phenoxy) is 1. The third-order valence-corrected chi connectivity index (χ3v) is 7.29. The number of nitrogens with zero attached hydrogens (tertiary/aromatic N) is 2. The van der Waals surface area contributed by atoms with Crippen molar-refractivity contribution >= 4 is 40.4 Å². The topological polar surface area (TPSA) is 60.7 Å². The second-order valence-corrected chi connectivity index (χ2v) is 9.46. The fraction of sp³-hybridized carbons (Fsp3) is 0.115. The fourth-order valence-electron chi connectivity index (χ4n) is 3.89. The van der Waals surface area contributed by atoms with Crippen molar-refractivity contribution in [3.05, 3.63) is 119 Å². The van der Waals surface area contributed by atoms with Gasteiger partial charge in [0.25, 0.3) is 5.56 Å². The van der Waals surface area contributed by atoms with Gasteiger partial charge in [0.2, 0.25) is 0 Å².